The Balaban J connectivity index is 1.21. The van der Waals surface area contributed by atoms with E-state index in [4.69, 9.17) is 29.9 Å². The fraction of sp³-hybridized carbons (Fsp3) is 0.573. The van der Waals surface area contributed by atoms with E-state index in [2.05, 4.69) is 166 Å². The molecular formula is C75H112N12S4+4. The van der Waals surface area contributed by atoms with Crippen LogP contribution < -0.4 is 0 Å². The largest absolute Gasteiger partial charge is 0.325 e. The van der Waals surface area contributed by atoms with Gasteiger partial charge in [-0.05, 0) is 124 Å². The fourth-order valence-electron chi connectivity index (χ4n) is 13.3. The number of quaternary nitrogens is 4. The molecule has 9 rings (SSSR count). The Hall–Kier alpha value is -4.52. The molecule has 16 heteroatoms. The second-order valence-corrected chi connectivity index (χ2v) is 32.1. The quantitative estimate of drug-likeness (QED) is 0.0286. The van der Waals surface area contributed by atoms with E-state index < -0.39 is 0 Å². The average Bonchev–Trinajstić information content (AvgIpc) is 1.63. The lowest BCUT2D eigenvalue weighted by molar-refractivity contribution is -0.907. The summed E-state index contributed by atoms with van der Waals surface area (Å²) in [4.78, 5) is 45.7. The number of hydrogen-bond acceptors (Lipinski definition) is 10. The Labute approximate surface area is 564 Å². The summed E-state index contributed by atoms with van der Waals surface area (Å²) in [7, 11) is 9.85. The minimum Gasteiger partial charge on any atom is -0.325 e. The molecule has 2 aliphatic heterocycles. The van der Waals surface area contributed by atoms with E-state index in [-0.39, 0.29) is 0 Å². The summed E-state index contributed by atoms with van der Waals surface area (Å²) in [6.45, 7) is 32.8. The van der Waals surface area contributed by atoms with Crippen LogP contribution in [-0.2, 0) is 0 Å². The summed E-state index contributed by atoms with van der Waals surface area (Å²) >= 11 is 7.79. The summed E-state index contributed by atoms with van der Waals surface area (Å²) in [5.74, 6) is 6.72. The van der Waals surface area contributed by atoms with E-state index >= 15 is 0 Å². The minimum absolute atomic E-state index is 0.638. The summed E-state index contributed by atoms with van der Waals surface area (Å²) in [5, 5.41) is 4.04. The summed E-state index contributed by atoms with van der Waals surface area (Å²) in [6.07, 6.45) is 18.6. The predicted molar refractivity (Wildman–Crippen MR) is 397 cm³/mol. The van der Waals surface area contributed by atoms with Crippen molar-refractivity contribution in [3.05, 3.63) is 72.8 Å². The van der Waals surface area contributed by atoms with E-state index in [0.29, 0.717) is 23.3 Å². The second kappa shape index (κ2) is 33.7. The number of aromatic nitrogens is 8. The molecule has 2 N–H and O–H groups in total. The molecule has 7 aromatic rings. The van der Waals surface area contributed by atoms with Gasteiger partial charge in [-0.15, -0.1) is 47.0 Å². The van der Waals surface area contributed by atoms with Crippen molar-refractivity contribution < 1.29 is 17.9 Å². The highest BCUT2D eigenvalue weighted by molar-refractivity contribution is 8.00. The monoisotopic (exact) mass is 1310 g/mol. The van der Waals surface area contributed by atoms with E-state index in [0.717, 1.165) is 134 Å². The van der Waals surface area contributed by atoms with Crippen LogP contribution in [0.15, 0.2) is 92.4 Å². The third kappa shape index (κ3) is 18.7. The van der Waals surface area contributed by atoms with Crippen molar-refractivity contribution in [2.75, 3.05) is 130 Å². The summed E-state index contributed by atoms with van der Waals surface area (Å²) in [6, 6.07) is 27.4. The number of rotatable bonds is 39. The molecule has 0 saturated carbocycles. The Kier molecular flexibility index (Phi) is 26.2. The van der Waals surface area contributed by atoms with Crippen molar-refractivity contribution >= 4 is 91.2 Å². The van der Waals surface area contributed by atoms with E-state index in [9.17, 15) is 0 Å². The first kappa shape index (κ1) is 70.8. The highest BCUT2D eigenvalue weighted by Gasteiger charge is 2.28. The van der Waals surface area contributed by atoms with Crippen molar-refractivity contribution in [3.63, 3.8) is 0 Å². The Morgan fingerprint density at radius 3 is 0.835 bits per heavy atom. The van der Waals surface area contributed by atoms with Gasteiger partial charge in [0, 0.05) is 86.4 Å². The lowest BCUT2D eigenvalue weighted by Crippen LogP contribution is -2.47. The number of nitrogens with one attached hydrogen (secondary N) is 2. The molecule has 0 spiro atoms. The predicted octanol–water partition coefficient (Wildman–Crippen LogP) is 19.0. The van der Waals surface area contributed by atoms with Gasteiger partial charge in [-0.1, -0.05) is 100 Å². The van der Waals surface area contributed by atoms with Gasteiger partial charge in [0.2, 0.25) is 0 Å². The Morgan fingerprint density at radius 1 is 0.275 bits per heavy atom. The molecule has 0 aliphatic carbocycles. The van der Waals surface area contributed by atoms with Gasteiger partial charge in [0.15, 0.2) is 23.3 Å². The van der Waals surface area contributed by atoms with Crippen LogP contribution in [0.5, 0.6) is 0 Å². The van der Waals surface area contributed by atoms with Gasteiger partial charge in [0.05, 0.1) is 107 Å². The number of fused-ring (bicyclic) bond motifs is 20. The Bertz CT molecular complexity index is 3610. The van der Waals surface area contributed by atoms with Crippen LogP contribution in [0.1, 0.15) is 152 Å². The minimum atomic E-state index is 0.638. The molecular weight excluding hydrogens is 1200 g/mol. The van der Waals surface area contributed by atoms with E-state index in [1.807, 2.05) is 47.0 Å². The van der Waals surface area contributed by atoms with E-state index in [1.165, 1.54) is 168 Å². The molecule has 5 heterocycles. The summed E-state index contributed by atoms with van der Waals surface area (Å²) < 4.78 is 4.46. The standard InChI is InChI=1S/C75H112N12S4/c1-13-21-37-84(9,36-20-8)44-48-88-56-28-32-60-64(52-56)72-76-68(60)78-73-66-54-58(90-50-46-86(11,40-24-16-4)41-25-17-5)30-34-62(66)70(80-73)82-75-67-55-59(91-51-47-87(12,42-26-18-6)43-27-19-7)31-35-63(67)71(83-75)81-74-65-53-57(29-33-61(65)69(77-72)79-74)89-49-45-85(10,38-22-14-2)39-23-15-3/h28-35,52-55H,13-27,36-51H2,1-12H3,(H2,76,77,78,79,80,81,82,83)/q+4. The van der Waals surface area contributed by atoms with Crippen molar-refractivity contribution in [2.45, 2.75) is 171 Å². The number of aromatic amines is 2. The van der Waals surface area contributed by atoms with E-state index in [1.54, 1.807) is 0 Å². The van der Waals surface area contributed by atoms with Gasteiger partial charge in [0.1, 0.15) is 22.6 Å². The van der Waals surface area contributed by atoms with Crippen molar-refractivity contribution in [1.29, 1.82) is 0 Å². The van der Waals surface area contributed by atoms with Crippen LogP contribution in [0.4, 0.5) is 0 Å². The van der Waals surface area contributed by atoms with Gasteiger partial charge in [0.25, 0.3) is 0 Å². The van der Waals surface area contributed by atoms with Gasteiger partial charge < -0.3 is 27.9 Å². The lowest BCUT2D eigenvalue weighted by atomic mass is 10.1. The van der Waals surface area contributed by atoms with Crippen LogP contribution in [0, 0.1) is 0 Å². The number of nitrogens with zero attached hydrogens (tertiary/aromatic N) is 10. The first-order chi connectivity index (χ1) is 44.1. The molecule has 1 atom stereocenters. The van der Waals surface area contributed by atoms with Crippen molar-refractivity contribution in [1.82, 2.24) is 39.9 Å². The topological polar surface area (TPSA) is 109 Å². The maximum Gasteiger partial charge on any atom is 0.164 e. The molecule has 0 radical (unpaired) electrons. The Morgan fingerprint density at radius 2 is 0.538 bits per heavy atom. The zero-order valence-corrected chi connectivity index (χ0v) is 61.2. The highest BCUT2D eigenvalue weighted by Crippen LogP contribution is 2.41. The SMILES string of the molecule is CCCC[N+](C)(CCC)CCSc1ccc2c(c1)-c1nc-2nc2[nH]c(nc3nc(nc4[nH]c(n1)c1ccc(SCC[N+](C)(CCCC)CCCC)cc41)-c1ccc(SCC[N+](C)(CCCC)CCCC)cc1-3)c1ccc(SCC[N+](C)(CCCC)CCCC)cc21. The van der Waals surface area contributed by atoms with Crippen LogP contribution in [0.2, 0.25) is 0 Å². The molecule has 3 aromatic heterocycles. The molecule has 492 valence electrons. The third-order valence-electron chi connectivity index (χ3n) is 19.4. The van der Waals surface area contributed by atoms with Crippen molar-refractivity contribution in [3.8, 4) is 45.6 Å². The fourth-order valence-corrected chi connectivity index (χ4v) is 17.8. The first-order valence-electron chi connectivity index (χ1n) is 35.3. The lowest BCUT2D eigenvalue weighted by Gasteiger charge is -2.34. The second-order valence-electron chi connectivity index (χ2n) is 27.5. The van der Waals surface area contributed by atoms with Gasteiger partial charge >= 0.3 is 0 Å². The van der Waals surface area contributed by atoms with Gasteiger partial charge in [-0.3, -0.25) is 0 Å². The third-order valence-corrected chi connectivity index (χ3v) is 23.3. The number of thioether (sulfide) groups is 4. The van der Waals surface area contributed by atoms with Gasteiger partial charge in [-0.2, -0.15) is 0 Å². The maximum absolute atomic E-state index is 5.58. The number of H-pyrrole nitrogens is 2. The number of unbranched alkanes of at least 4 members (excludes halogenated alkanes) is 7. The van der Waals surface area contributed by atoms with Gasteiger partial charge in [-0.25, -0.2) is 29.9 Å². The molecule has 8 bridgehead atoms. The smallest absolute Gasteiger partial charge is 0.164 e. The number of hydrogen-bond donors (Lipinski definition) is 2. The molecule has 0 fully saturated rings. The first-order valence-corrected chi connectivity index (χ1v) is 39.3. The van der Waals surface area contributed by atoms with Crippen molar-refractivity contribution in [2.24, 2.45) is 0 Å². The molecule has 0 amide bonds. The zero-order valence-electron chi connectivity index (χ0n) is 58.0. The van der Waals surface area contributed by atoms with Crippen LogP contribution in [-0.4, -0.2) is 188 Å². The van der Waals surface area contributed by atoms with Crippen LogP contribution in [0.25, 0.3) is 89.7 Å². The van der Waals surface area contributed by atoms with Crippen LogP contribution in [0.3, 0.4) is 0 Å². The maximum atomic E-state index is 5.58. The van der Waals surface area contributed by atoms with Crippen LogP contribution >= 0.6 is 47.0 Å². The molecule has 1 unspecified atom stereocenters. The molecule has 4 aromatic carbocycles. The number of benzene rings is 4. The normalized spacial score (nSPS) is 13.4. The highest BCUT2D eigenvalue weighted by atomic mass is 32.2. The summed E-state index contributed by atoms with van der Waals surface area (Å²) in [5.41, 5.74) is 6.84. The molecule has 0 saturated heterocycles. The zero-order chi connectivity index (χ0) is 64.4. The molecule has 2 aliphatic rings. The molecule has 91 heavy (non-hydrogen) atoms. The average molecular weight is 1310 g/mol. The molecule has 12 nitrogen and oxygen atoms in total.